The number of phenols is 2. The predicted molar refractivity (Wildman–Crippen MR) is 62.6 cm³/mol. The van der Waals surface area contributed by atoms with E-state index in [-0.39, 0.29) is 0 Å². The van der Waals surface area contributed by atoms with Crippen molar-refractivity contribution >= 4 is 25.8 Å². The fourth-order valence-electron chi connectivity index (χ4n) is 1.61. The summed E-state index contributed by atoms with van der Waals surface area (Å²) in [6, 6.07) is 0. The average molecular weight is 398 g/mol. The maximum atomic E-state index is 9.98. The van der Waals surface area contributed by atoms with Crippen LogP contribution in [0.25, 0.3) is 0 Å². The fourth-order valence-corrected chi connectivity index (χ4v) is 2.07. The molecule has 1 aromatic rings. The molecule has 0 aromatic heterocycles. The van der Waals surface area contributed by atoms with Crippen molar-refractivity contribution in [2.75, 3.05) is 0 Å². The van der Waals surface area contributed by atoms with Crippen molar-refractivity contribution in [1.29, 1.82) is 0 Å². The van der Waals surface area contributed by atoms with Crippen LogP contribution < -0.4 is 0 Å². The van der Waals surface area contributed by atoms with Crippen LogP contribution in [0.3, 0.4) is 0 Å². The summed E-state index contributed by atoms with van der Waals surface area (Å²) in [5, 5.41) is 19.8. The van der Waals surface area contributed by atoms with Gasteiger partial charge in [0.15, 0.2) is 0 Å². The summed E-state index contributed by atoms with van der Waals surface area (Å²) in [7, 11) is 0. The van der Waals surface area contributed by atoms with Crippen LogP contribution in [0.2, 0.25) is 0 Å². The number of aromatic hydroxyl groups is 2. The molecule has 0 fully saturated rings. The second kappa shape index (κ2) is 5.01. The van der Waals surface area contributed by atoms with E-state index in [1.165, 1.54) is 0 Å². The SMILES string of the molecule is Cc1c(C)c(O)c(C/C=[CH]/[Pb])c(C)c1O. The fraction of sp³-hybridized carbons (Fsp3) is 0.333. The van der Waals surface area contributed by atoms with Crippen molar-refractivity contribution in [3.63, 3.8) is 0 Å². The average Bonchev–Trinajstić information content (AvgIpc) is 2.24. The standard InChI is InChI=1S/C12H15O2.Pb/c1-5-6-10-9(4)11(13)7(2)8(3)12(10)14;/h1,5,13-14H,6H2,2-4H3;. The Bertz CT molecular complexity index is 380. The van der Waals surface area contributed by atoms with Crippen molar-refractivity contribution in [3.05, 3.63) is 32.0 Å². The van der Waals surface area contributed by atoms with Gasteiger partial charge in [0.05, 0.1) is 0 Å². The normalized spacial score (nSPS) is 11.2. The van der Waals surface area contributed by atoms with Crippen LogP contribution in [0.1, 0.15) is 22.3 Å². The molecule has 0 aliphatic heterocycles. The Kier molecular flexibility index (Phi) is 4.19. The molecule has 2 nitrogen and oxygen atoms in total. The Labute approximate surface area is 106 Å². The summed E-state index contributed by atoms with van der Waals surface area (Å²) in [5.41, 5.74) is 3.16. The molecule has 0 heterocycles. The van der Waals surface area contributed by atoms with Gasteiger partial charge in [0, 0.05) is 0 Å². The van der Waals surface area contributed by atoms with E-state index in [2.05, 4.69) is 3.64 Å². The summed E-state index contributed by atoms with van der Waals surface area (Å²) in [4.78, 5) is 0. The van der Waals surface area contributed by atoms with Gasteiger partial charge in [0.2, 0.25) is 0 Å². The molecule has 0 bridgehead atoms. The third-order valence-corrected chi connectivity index (χ3v) is 3.72. The Morgan fingerprint density at radius 3 is 2.07 bits per heavy atom. The molecule has 1 rings (SSSR count). The van der Waals surface area contributed by atoms with Crippen LogP contribution in [0.15, 0.2) is 9.71 Å². The molecular weight excluding hydrogens is 383 g/mol. The molecule has 0 saturated carbocycles. The molecule has 0 aliphatic rings. The van der Waals surface area contributed by atoms with Crippen molar-refractivity contribution in [1.82, 2.24) is 0 Å². The van der Waals surface area contributed by atoms with E-state index in [0.717, 1.165) is 48.0 Å². The van der Waals surface area contributed by atoms with Crippen LogP contribution in [0, 0.1) is 20.8 Å². The van der Waals surface area contributed by atoms with Crippen LogP contribution in [-0.2, 0) is 6.42 Å². The third-order valence-electron chi connectivity index (χ3n) is 2.81. The minimum absolute atomic E-state index is 0.307. The van der Waals surface area contributed by atoms with Gasteiger partial charge in [-0.25, -0.2) is 0 Å². The van der Waals surface area contributed by atoms with Crippen LogP contribution >= 0.6 is 0 Å². The van der Waals surface area contributed by atoms with E-state index in [1.54, 1.807) is 0 Å². The number of allylic oxidation sites excluding steroid dienone is 1. The zero-order valence-electron chi connectivity index (χ0n) is 9.26. The first-order valence-corrected chi connectivity index (χ1v) is 7.08. The number of hydrogen-bond donors (Lipinski definition) is 2. The molecule has 0 atom stereocenters. The number of rotatable bonds is 2. The quantitative estimate of drug-likeness (QED) is 0.593. The number of phenolic OH excluding ortho intramolecular Hbond substituents is 2. The van der Waals surface area contributed by atoms with Gasteiger partial charge in [0.25, 0.3) is 0 Å². The Morgan fingerprint density at radius 1 is 1.00 bits per heavy atom. The zero-order valence-corrected chi connectivity index (χ0v) is 13.1. The first-order chi connectivity index (χ1) is 7.00. The van der Waals surface area contributed by atoms with E-state index in [9.17, 15) is 10.2 Å². The van der Waals surface area contributed by atoms with E-state index >= 15 is 0 Å². The zero-order chi connectivity index (χ0) is 11.6. The van der Waals surface area contributed by atoms with Crippen molar-refractivity contribution in [2.45, 2.75) is 27.2 Å². The molecule has 0 amide bonds. The van der Waals surface area contributed by atoms with Crippen molar-refractivity contribution < 1.29 is 10.2 Å². The van der Waals surface area contributed by atoms with Gasteiger partial charge >= 0.3 is 107 Å². The predicted octanol–water partition coefficient (Wildman–Crippen LogP) is 2.25. The third kappa shape index (κ3) is 2.35. The summed E-state index contributed by atoms with van der Waals surface area (Å²) < 4.78 is 2.07. The van der Waals surface area contributed by atoms with Gasteiger partial charge in [-0.1, -0.05) is 0 Å². The molecule has 0 unspecified atom stereocenters. The van der Waals surface area contributed by atoms with Gasteiger partial charge in [-0.2, -0.15) is 0 Å². The molecule has 79 valence electrons. The Morgan fingerprint density at radius 2 is 1.53 bits per heavy atom. The van der Waals surface area contributed by atoms with Gasteiger partial charge < -0.3 is 0 Å². The van der Waals surface area contributed by atoms with Crippen molar-refractivity contribution in [2.24, 2.45) is 0 Å². The molecule has 0 spiro atoms. The summed E-state index contributed by atoms with van der Waals surface area (Å²) in [5.74, 6) is 0.629. The van der Waals surface area contributed by atoms with E-state index < -0.39 is 0 Å². The monoisotopic (exact) mass is 399 g/mol. The van der Waals surface area contributed by atoms with Gasteiger partial charge in [-0.05, 0) is 0 Å². The molecule has 2 N–H and O–H groups in total. The molecule has 3 radical (unpaired) electrons. The van der Waals surface area contributed by atoms with E-state index in [1.807, 2.05) is 26.8 Å². The molecule has 15 heavy (non-hydrogen) atoms. The van der Waals surface area contributed by atoms with E-state index in [4.69, 9.17) is 0 Å². The van der Waals surface area contributed by atoms with Gasteiger partial charge in [0.1, 0.15) is 0 Å². The molecule has 0 aliphatic carbocycles. The van der Waals surface area contributed by atoms with Gasteiger partial charge in [-0.15, -0.1) is 0 Å². The molecular formula is C12H15O2Pb. The molecule has 3 heteroatoms. The topological polar surface area (TPSA) is 40.5 Å². The maximum absolute atomic E-state index is 9.98. The Hall–Kier alpha value is -0.518. The summed E-state index contributed by atoms with van der Waals surface area (Å²) in [6.07, 6.45) is 2.72. The molecule has 1 aromatic carbocycles. The second-order valence-electron chi connectivity index (χ2n) is 3.66. The van der Waals surface area contributed by atoms with Crippen LogP contribution in [0.5, 0.6) is 11.5 Å². The summed E-state index contributed by atoms with van der Waals surface area (Å²) in [6.45, 7) is 5.50. The molecule has 0 saturated heterocycles. The number of hydrogen-bond acceptors (Lipinski definition) is 2. The first-order valence-electron chi connectivity index (χ1n) is 4.83. The van der Waals surface area contributed by atoms with Crippen LogP contribution in [-0.4, -0.2) is 36.0 Å². The summed E-state index contributed by atoms with van der Waals surface area (Å²) >= 11 is 1.02. The van der Waals surface area contributed by atoms with E-state index in [0.29, 0.717) is 17.9 Å². The first kappa shape index (κ1) is 12.6. The van der Waals surface area contributed by atoms with Crippen LogP contribution in [0.4, 0.5) is 0 Å². The minimum atomic E-state index is 0.307. The Balaban J connectivity index is 3.38. The van der Waals surface area contributed by atoms with Crippen molar-refractivity contribution in [3.8, 4) is 11.5 Å². The number of benzene rings is 1. The van der Waals surface area contributed by atoms with Gasteiger partial charge in [-0.3, -0.25) is 0 Å². The second-order valence-corrected chi connectivity index (χ2v) is 4.95.